The molecule has 0 atom stereocenters. The highest BCUT2D eigenvalue weighted by Crippen LogP contribution is 3.02. The third-order valence-electron chi connectivity index (χ3n) is 3.60. The number of nitrogens with one attached hydrogen (secondary N) is 3. The molecule has 0 spiro atoms. The Morgan fingerprint density at radius 1 is 0.900 bits per heavy atom. The molecule has 2 amide bonds. The van der Waals surface area contributed by atoms with Crippen molar-refractivity contribution < 1.29 is 37.0 Å². The molecule has 30 heavy (non-hydrogen) atoms. The molecule has 168 valence electrons. The summed E-state index contributed by atoms with van der Waals surface area (Å²) < 4.78 is 101. The lowest BCUT2D eigenvalue weighted by molar-refractivity contribution is 0.240. The van der Waals surface area contributed by atoms with E-state index in [1.807, 2.05) is 4.72 Å². The smallest absolute Gasteiger partial charge is 0.315 e. The van der Waals surface area contributed by atoms with Crippen molar-refractivity contribution in [2.24, 2.45) is 0 Å². The number of amides is 2. The highest BCUT2D eigenvalue weighted by molar-refractivity contribution is 8.45. The highest BCUT2D eigenvalue weighted by atomic mass is 32.5. The van der Waals surface area contributed by atoms with E-state index < -0.39 is 37.0 Å². The van der Waals surface area contributed by atoms with E-state index in [1.165, 1.54) is 12.1 Å². The number of rotatable bonds is 7. The molecule has 0 bridgehead atoms. The van der Waals surface area contributed by atoms with Crippen molar-refractivity contribution in [2.45, 2.75) is 18.0 Å². The zero-order valence-electron chi connectivity index (χ0n) is 15.3. The van der Waals surface area contributed by atoms with E-state index in [2.05, 4.69) is 10.6 Å². The summed E-state index contributed by atoms with van der Waals surface area (Å²) in [5.74, 6) is -0.857. The maximum atomic E-state index is 13.9. The van der Waals surface area contributed by atoms with E-state index in [4.69, 9.17) is 0 Å². The van der Waals surface area contributed by atoms with Gasteiger partial charge in [0, 0.05) is 13.1 Å². The summed E-state index contributed by atoms with van der Waals surface area (Å²) in [5, 5.41) is 4.67. The molecule has 0 saturated carbocycles. The summed E-state index contributed by atoms with van der Waals surface area (Å²) in [5.41, 5.74) is 0.195. The van der Waals surface area contributed by atoms with Crippen LogP contribution in [0.15, 0.2) is 47.4 Å². The van der Waals surface area contributed by atoms with Crippen LogP contribution in [-0.2, 0) is 23.1 Å². The average molecular weight is 477 g/mol. The molecule has 3 N–H and O–H groups in total. The molecule has 0 radical (unpaired) electrons. The summed E-state index contributed by atoms with van der Waals surface area (Å²) >= 11 is 0. The first-order valence-corrected chi connectivity index (χ1v) is 11.9. The summed E-state index contributed by atoms with van der Waals surface area (Å²) in [7, 11) is -13.4. The van der Waals surface area contributed by atoms with Crippen LogP contribution in [0.4, 0.5) is 34.3 Å². The van der Waals surface area contributed by atoms with E-state index in [-0.39, 0.29) is 36.5 Å². The molecule has 0 aromatic heterocycles. The fourth-order valence-electron chi connectivity index (χ4n) is 2.24. The lowest BCUT2D eigenvalue weighted by Crippen LogP contribution is -2.34. The predicted molar refractivity (Wildman–Crippen MR) is 102 cm³/mol. The van der Waals surface area contributed by atoms with Gasteiger partial charge in [-0.25, -0.2) is 17.6 Å². The second-order valence-corrected chi connectivity index (χ2v) is 10.5. The lowest BCUT2D eigenvalue weighted by atomic mass is 10.2. The maximum Gasteiger partial charge on any atom is 0.315 e. The van der Waals surface area contributed by atoms with E-state index in [1.54, 1.807) is 0 Å². The van der Waals surface area contributed by atoms with Crippen LogP contribution >= 0.6 is 10.2 Å². The van der Waals surface area contributed by atoms with Gasteiger partial charge in [0.1, 0.15) is 10.7 Å². The molecule has 0 aliphatic rings. The molecule has 6 nitrogen and oxygen atoms in total. The van der Waals surface area contributed by atoms with Crippen LogP contribution in [0.25, 0.3) is 0 Å². The number of sulfonamides is 1. The molecule has 0 saturated heterocycles. The predicted octanol–water partition coefficient (Wildman–Crippen LogP) is 4.85. The van der Waals surface area contributed by atoms with Crippen LogP contribution in [-0.4, -0.2) is 20.7 Å². The number of hydrogen-bond acceptors (Lipinski definition) is 3. The van der Waals surface area contributed by atoms with Crippen molar-refractivity contribution >= 4 is 32.0 Å². The van der Waals surface area contributed by atoms with Crippen LogP contribution in [0.3, 0.4) is 0 Å². The topological polar surface area (TPSA) is 87.3 Å². The van der Waals surface area contributed by atoms with Gasteiger partial charge in [0.05, 0.1) is 11.9 Å². The van der Waals surface area contributed by atoms with Gasteiger partial charge < -0.3 is 10.6 Å². The SMILES string of the molecule is CS(=O)(=O)Nc1ccc(CNC(=O)NCc2ccc(S(F)(F)(F)(F)F)cc2)cc1F. The number of anilines is 1. The second-order valence-electron chi connectivity index (χ2n) is 6.34. The number of carbonyl (C=O) groups is 1. The van der Waals surface area contributed by atoms with Gasteiger partial charge in [-0.05, 0) is 35.4 Å². The molecule has 14 heteroatoms. The monoisotopic (exact) mass is 477 g/mol. The van der Waals surface area contributed by atoms with Crippen molar-refractivity contribution in [3.8, 4) is 0 Å². The van der Waals surface area contributed by atoms with Crippen molar-refractivity contribution in [2.75, 3.05) is 11.0 Å². The fraction of sp³-hybridized carbons (Fsp3) is 0.188. The highest BCUT2D eigenvalue weighted by Gasteiger charge is 2.65. The van der Waals surface area contributed by atoms with Gasteiger partial charge in [-0.15, -0.1) is 0 Å². The summed E-state index contributed by atoms with van der Waals surface area (Å²) in [6, 6.07) is 4.92. The van der Waals surface area contributed by atoms with Gasteiger partial charge in [0.2, 0.25) is 10.0 Å². The van der Waals surface area contributed by atoms with Crippen LogP contribution in [0, 0.1) is 5.82 Å². The number of carbonyl (C=O) groups excluding carboxylic acids is 1. The first kappa shape index (κ1) is 23.7. The quantitative estimate of drug-likeness (QED) is 0.498. The maximum absolute atomic E-state index is 13.9. The van der Waals surface area contributed by atoms with Gasteiger partial charge in [0.25, 0.3) is 0 Å². The molecule has 2 rings (SSSR count). The fourth-order valence-corrected chi connectivity index (χ4v) is 3.46. The zero-order chi connectivity index (χ0) is 22.9. The van der Waals surface area contributed by atoms with E-state index in [9.17, 15) is 37.0 Å². The van der Waals surface area contributed by atoms with E-state index in [0.717, 1.165) is 24.5 Å². The molecule has 0 heterocycles. The van der Waals surface area contributed by atoms with Gasteiger partial charge in [-0.3, -0.25) is 4.72 Å². The van der Waals surface area contributed by atoms with Crippen LogP contribution in [0.2, 0.25) is 0 Å². The lowest BCUT2D eigenvalue weighted by Gasteiger charge is -2.40. The molecule has 2 aromatic carbocycles. The Kier molecular flexibility index (Phi) is 5.73. The minimum Gasteiger partial charge on any atom is -0.334 e. The molecular formula is C16H17F6N3O3S2. The molecule has 0 fully saturated rings. The zero-order valence-corrected chi connectivity index (χ0v) is 16.9. The summed E-state index contributed by atoms with van der Waals surface area (Å²) in [6.45, 7) is -0.372. The van der Waals surface area contributed by atoms with Gasteiger partial charge in [0.15, 0.2) is 0 Å². The van der Waals surface area contributed by atoms with Crippen molar-refractivity contribution in [3.63, 3.8) is 0 Å². The van der Waals surface area contributed by atoms with Crippen LogP contribution < -0.4 is 15.4 Å². The first-order chi connectivity index (χ1) is 13.4. The Morgan fingerprint density at radius 3 is 1.87 bits per heavy atom. The molecular weight excluding hydrogens is 460 g/mol. The normalized spacial score (nSPS) is 14.4. The standard InChI is InChI=1S/C16H17F6N3O3S2/c1-29(27,28)25-15-7-4-12(8-14(15)17)10-24-16(26)23-9-11-2-5-13(6-3-11)30(18,19,20,21)22/h2-8,25H,9-10H2,1H3,(H2,23,24,26). The third kappa shape index (κ3) is 7.33. The van der Waals surface area contributed by atoms with Crippen molar-refractivity contribution in [3.05, 3.63) is 59.4 Å². The van der Waals surface area contributed by atoms with Crippen LogP contribution in [0.5, 0.6) is 0 Å². The third-order valence-corrected chi connectivity index (χ3v) is 5.36. The molecule has 0 aliphatic carbocycles. The van der Waals surface area contributed by atoms with Crippen molar-refractivity contribution in [1.29, 1.82) is 0 Å². The Morgan fingerprint density at radius 2 is 1.40 bits per heavy atom. The second kappa shape index (κ2) is 7.27. The molecule has 0 unspecified atom stereocenters. The number of hydrogen-bond donors (Lipinski definition) is 3. The Labute approximate surface area is 168 Å². The van der Waals surface area contributed by atoms with Gasteiger partial charge in [-0.1, -0.05) is 37.6 Å². The van der Waals surface area contributed by atoms with Crippen LogP contribution in [0.1, 0.15) is 11.1 Å². The molecule has 2 aromatic rings. The first-order valence-electron chi connectivity index (χ1n) is 8.04. The number of halogens is 6. The van der Waals surface area contributed by atoms with Crippen molar-refractivity contribution in [1.82, 2.24) is 10.6 Å². The molecule has 0 aliphatic heterocycles. The minimum absolute atomic E-state index is 0.134. The Bertz CT molecular complexity index is 1060. The Balaban J connectivity index is 1.89. The minimum atomic E-state index is -9.75. The van der Waals surface area contributed by atoms with Gasteiger partial charge >= 0.3 is 16.3 Å². The average Bonchev–Trinajstić information content (AvgIpc) is 2.57. The summed E-state index contributed by atoms with van der Waals surface area (Å²) in [4.78, 5) is 9.73. The van der Waals surface area contributed by atoms with E-state index in [0.29, 0.717) is 5.56 Å². The summed E-state index contributed by atoms with van der Waals surface area (Å²) in [6.07, 6.45) is 0.857. The van der Waals surface area contributed by atoms with Gasteiger partial charge in [-0.2, -0.15) is 0 Å². The largest absolute Gasteiger partial charge is 0.334 e. The number of benzene rings is 2. The van der Waals surface area contributed by atoms with E-state index >= 15 is 0 Å². The Hall–Kier alpha value is -2.61. The number of urea groups is 1.